The van der Waals surface area contributed by atoms with Crippen LogP contribution in [0.4, 0.5) is 4.39 Å². The summed E-state index contributed by atoms with van der Waals surface area (Å²) in [5.41, 5.74) is 1.77. The summed E-state index contributed by atoms with van der Waals surface area (Å²) < 4.78 is 23.4. The number of methoxy groups -OCH3 is 1. The molecule has 0 unspecified atom stereocenters. The SMILES string of the molecule is COc1ncccc1-c1cc(F)c2nonc2c1. The van der Waals surface area contributed by atoms with Gasteiger partial charge in [0.15, 0.2) is 11.3 Å². The Hall–Kier alpha value is -2.50. The minimum absolute atomic E-state index is 0.113. The fourth-order valence-corrected chi connectivity index (χ4v) is 1.78. The van der Waals surface area contributed by atoms with Gasteiger partial charge in [-0.2, -0.15) is 0 Å². The maximum absolute atomic E-state index is 13.8. The second-order valence-electron chi connectivity index (χ2n) is 3.65. The van der Waals surface area contributed by atoms with Crippen LogP contribution in [0.3, 0.4) is 0 Å². The van der Waals surface area contributed by atoms with Crippen LogP contribution in [0.15, 0.2) is 35.1 Å². The van der Waals surface area contributed by atoms with Gasteiger partial charge < -0.3 is 4.74 Å². The molecule has 0 aliphatic heterocycles. The van der Waals surface area contributed by atoms with Gasteiger partial charge in [-0.3, -0.25) is 0 Å². The molecule has 6 heteroatoms. The van der Waals surface area contributed by atoms with E-state index in [4.69, 9.17) is 4.74 Å². The highest BCUT2D eigenvalue weighted by Gasteiger charge is 2.13. The van der Waals surface area contributed by atoms with E-state index in [2.05, 4.69) is 19.9 Å². The molecule has 0 fully saturated rings. The van der Waals surface area contributed by atoms with E-state index < -0.39 is 5.82 Å². The van der Waals surface area contributed by atoms with Crippen LogP contribution < -0.4 is 4.74 Å². The Morgan fingerprint density at radius 1 is 1.28 bits per heavy atom. The zero-order chi connectivity index (χ0) is 12.5. The zero-order valence-electron chi connectivity index (χ0n) is 9.42. The quantitative estimate of drug-likeness (QED) is 0.693. The van der Waals surface area contributed by atoms with E-state index in [0.717, 1.165) is 0 Å². The number of ether oxygens (including phenoxy) is 1. The Labute approximate surface area is 101 Å². The fraction of sp³-hybridized carbons (Fsp3) is 0.0833. The van der Waals surface area contributed by atoms with E-state index in [-0.39, 0.29) is 5.52 Å². The Bertz CT molecular complexity index is 711. The van der Waals surface area contributed by atoms with E-state index in [1.54, 1.807) is 24.4 Å². The first kappa shape index (κ1) is 10.6. The lowest BCUT2D eigenvalue weighted by atomic mass is 10.1. The van der Waals surface area contributed by atoms with Gasteiger partial charge in [-0.25, -0.2) is 14.0 Å². The molecule has 0 aliphatic carbocycles. The van der Waals surface area contributed by atoms with E-state index in [1.165, 1.54) is 13.2 Å². The lowest BCUT2D eigenvalue weighted by Crippen LogP contribution is -1.91. The smallest absolute Gasteiger partial charge is 0.221 e. The largest absolute Gasteiger partial charge is 0.481 e. The van der Waals surface area contributed by atoms with Crippen molar-refractivity contribution < 1.29 is 13.8 Å². The van der Waals surface area contributed by atoms with Gasteiger partial charge in [0.25, 0.3) is 0 Å². The van der Waals surface area contributed by atoms with Crippen LogP contribution in [0, 0.1) is 5.82 Å². The number of aromatic nitrogens is 3. The van der Waals surface area contributed by atoms with Gasteiger partial charge in [0.2, 0.25) is 5.88 Å². The summed E-state index contributed by atoms with van der Waals surface area (Å²) in [6, 6.07) is 6.57. The van der Waals surface area contributed by atoms with E-state index in [1.807, 2.05) is 0 Å². The first-order chi connectivity index (χ1) is 8.79. The fourth-order valence-electron chi connectivity index (χ4n) is 1.78. The maximum atomic E-state index is 13.8. The third-order valence-electron chi connectivity index (χ3n) is 2.59. The summed E-state index contributed by atoms with van der Waals surface area (Å²) in [4.78, 5) is 4.07. The number of hydrogen-bond donors (Lipinski definition) is 0. The van der Waals surface area contributed by atoms with Crippen LogP contribution in [-0.2, 0) is 0 Å². The van der Waals surface area contributed by atoms with Crippen molar-refractivity contribution in [1.29, 1.82) is 0 Å². The Kier molecular flexibility index (Phi) is 2.40. The second-order valence-corrected chi connectivity index (χ2v) is 3.65. The summed E-state index contributed by atoms with van der Waals surface area (Å²) in [5, 5.41) is 7.12. The van der Waals surface area contributed by atoms with Crippen molar-refractivity contribution in [3.8, 4) is 17.0 Å². The molecule has 18 heavy (non-hydrogen) atoms. The molecule has 0 spiro atoms. The highest BCUT2D eigenvalue weighted by molar-refractivity contribution is 5.82. The van der Waals surface area contributed by atoms with Crippen molar-refractivity contribution in [2.45, 2.75) is 0 Å². The van der Waals surface area contributed by atoms with Crippen LogP contribution in [0.5, 0.6) is 5.88 Å². The normalized spacial score (nSPS) is 10.8. The van der Waals surface area contributed by atoms with Gasteiger partial charge in [0, 0.05) is 11.8 Å². The molecular formula is C12H8FN3O2. The van der Waals surface area contributed by atoms with Gasteiger partial charge in [0.05, 0.1) is 7.11 Å². The minimum Gasteiger partial charge on any atom is -0.481 e. The number of benzene rings is 1. The highest BCUT2D eigenvalue weighted by atomic mass is 19.1. The monoisotopic (exact) mass is 245 g/mol. The molecule has 2 aromatic heterocycles. The van der Waals surface area contributed by atoms with Crippen LogP contribution in [0.2, 0.25) is 0 Å². The minimum atomic E-state index is -0.491. The maximum Gasteiger partial charge on any atom is 0.221 e. The van der Waals surface area contributed by atoms with Crippen molar-refractivity contribution in [2.75, 3.05) is 7.11 Å². The molecule has 0 amide bonds. The molecule has 5 nitrogen and oxygen atoms in total. The predicted molar refractivity (Wildman–Crippen MR) is 61.5 cm³/mol. The predicted octanol–water partition coefficient (Wildman–Crippen LogP) is 2.43. The van der Waals surface area contributed by atoms with E-state index >= 15 is 0 Å². The first-order valence-electron chi connectivity index (χ1n) is 5.21. The average molecular weight is 245 g/mol. The van der Waals surface area contributed by atoms with Crippen LogP contribution in [0.1, 0.15) is 0 Å². The van der Waals surface area contributed by atoms with Gasteiger partial charge in [0.1, 0.15) is 5.52 Å². The van der Waals surface area contributed by atoms with Gasteiger partial charge in [-0.1, -0.05) is 0 Å². The summed E-state index contributed by atoms with van der Waals surface area (Å²) in [5.74, 6) is -0.0673. The number of pyridine rings is 1. The third-order valence-corrected chi connectivity index (χ3v) is 2.59. The molecule has 3 rings (SSSR count). The Balaban J connectivity index is 2.25. The number of halogens is 1. The molecule has 0 radical (unpaired) electrons. The first-order valence-corrected chi connectivity index (χ1v) is 5.21. The van der Waals surface area contributed by atoms with Gasteiger partial charge in [-0.05, 0) is 40.1 Å². The van der Waals surface area contributed by atoms with Crippen molar-refractivity contribution in [2.24, 2.45) is 0 Å². The molecule has 0 saturated carbocycles. The third kappa shape index (κ3) is 1.58. The molecule has 3 aromatic rings. The molecule has 0 N–H and O–H groups in total. The molecule has 0 bridgehead atoms. The average Bonchev–Trinajstić information content (AvgIpc) is 2.87. The topological polar surface area (TPSA) is 61.0 Å². The molecule has 1 aromatic carbocycles. The highest BCUT2D eigenvalue weighted by Crippen LogP contribution is 2.30. The number of hydrogen-bond acceptors (Lipinski definition) is 5. The second kappa shape index (κ2) is 4.06. The standard InChI is InChI=1S/C12H8FN3O2/c1-17-12-8(3-2-4-14-12)7-5-9(13)11-10(6-7)15-18-16-11/h2-6H,1H3. The number of fused-ring (bicyclic) bond motifs is 1. The lowest BCUT2D eigenvalue weighted by molar-refractivity contribution is 0.314. The zero-order valence-corrected chi connectivity index (χ0v) is 9.42. The number of rotatable bonds is 2. The summed E-state index contributed by atoms with van der Waals surface area (Å²) in [7, 11) is 1.51. The van der Waals surface area contributed by atoms with Crippen molar-refractivity contribution in [3.05, 3.63) is 36.3 Å². The summed E-state index contributed by atoms with van der Waals surface area (Å²) in [6.07, 6.45) is 1.61. The van der Waals surface area contributed by atoms with Crippen molar-refractivity contribution in [3.63, 3.8) is 0 Å². The summed E-state index contributed by atoms with van der Waals surface area (Å²) >= 11 is 0. The van der Waals surface area contributed by atoms with E-state index in [9.17, 15) is 4.39 Å². The van der Waals surface area contributed by atoms with Gasteiger partial charge in [-0.15, -0.1) is 0 Å². The van der Waals surface area contributed by atoms with Crippen molar-refractivity contribution in [1.82, 2.24) is 15.3 Å². The molecule has 0 aliphatic rings. The molecule has 2 heterocycles. The summed E-state index contributed by atoms with van der Waals surface area (Å²) in [6.45, 7) is 0. The molecule has 0 atom stereocenters. The molecule has 0 saturated heterocycles. The molecule has 90 valence electrons. The van der Waals surface area contributed by atoms with Crippen molar-refractivity contribution >= 4 is 11.0 Å². The van der Waals surface area contributed by atoms with Crippen LogP contribution in [0.25, 0.3) is 22.2 Å². The van der Waals surface area contributed by atoms with E-state index in [0.29, 0.717) is 22.5 Å². The van der Waals surface area contributed by atoms with Gasteiger partial charge >= 0.3 is 0 Å². The Morgan fingerprint density at radius 3 is 3.00 bits per heavy atom. The Morgan fingerprint density at radius 2 is 2.17 bits per heavy atom. The number of nitrogens with zero attached hydrogens (tertiary/aromatic N) is 3. The van der Waals surface area contributed by atoms with Crippen LogP contribution in [-0.4, -0.2) is 22.4 Å². The lowest BCUT2D eigenvalue weighted by Gasteiger charge is -2.06. The van der Waals surface area contributed by atoms with Crippen LogP contribution >= 0.6 is 0 Å². The molecular weight excluding hydrogens is 237 g/mol.